The number of anilines is 1. The van der Waals surface area contributed by atoms with Gasteiger partial charge in [0.05, 0.1) is 32.0 Å². The number of nitrogens with one attached hydrogen (secondary N) is 1. The van der Waals surface area contributed by atoms with Gasteiger partial charge in [-0.2, -0.15) is 5.10 Å². The number of ether oxygens (including phenoxy) is 3. The van der Waals surface area contributed by atoms with E-state index >= 15 is 0 Å². The summed E-state index contributed by atoms with van der Waals surface area (Å²) >= 11 is 13.8. The number of nitrogens with zero attached hydrogens (tertiary/aromatic N) is 2. The quantitative estimate of drug-likeness (QED) is 0.225. The van der Waals surface area contributed by atoms with Crippen LogP contribution in [-0.2, 0) is 22.6 Å². The Morgan fingerprint density at radius 3 is 2.69 bits per heavy atom. The van der Waals surface area contributed by atoms with E-state index < -0.39 is 0 Å². The van der Waals surface area contributed by atoms with Gasteiger partial charge in [0.25, 0.3) is 0 Å². The van der Waals surface area contributed by atoms with Gasteiger partial charge in [0, 0.05) is 26.6 Å². The van der Waals surface area contributed by atoms with Crippen LogP contribution in [0.25, 0.3) is 0 Å². The van der Waals surface area contributed by atoms with Gasteiger partial charge >= 0.3 is 5.97 Å². The van der Waals surface area contributed by atoms with E-state index in [1.807, 2.05) is 12.1 Å². The molecule has 0 atom stereocenters. The van der Waals surface area contributed by atoms with Gasteiger partial charge in [0.15, 0.2) is 11.5 Å². The van der Waals surface area contributed by atoms with Crippen molar-refractivity contribution in [3.05, 3.63) is 68.6 Å². The van der Waals surface area contributed by atoms with E-state index in [1.54, 1.807) is 49.9 Å². The molecule has 0 saturated carbocycles. The first kappa shape index (κ1) is 23.8. The molecule has 168 valence electrons. The van der Waals surface area contributed by atoms with Crippen LogP contribution in [0, 0.1) is 0 Å². The molecule has 1 heterocycles. The molecule has 0 bridgehead atoms. The maximum Gasteiger partial charge on any atom is 0.311 e. The van der Waals surface area contributed by atoms with Crippen molar-refractivity contribution in [1.29, 1.82) is 0 Å². The maximum atomic E-state index is 11.6. The smallest absolute Gasteiger partial charge is 0.311 e. The van der Waals surface area contributed by atoms with Crippen molar-refractivity contribution in [1.82, 2.24) is 4.98 Å². The summed E-state index contributed by atoms with van der Waals surface area (Å²) in [5, 5.41) is 7.61. The van der Waals surface area contributed by atoms with Crippen LogP contribution in [0.4, 0.5) is 5.13 Å². The number of hydrazone groups is 1. The highest BCUT2D eigenvalue weighted by Gasteiger charge is 2.13. The number of methoxy groups -OCH3 is 1. The highest BCUT2D eigenvalue weighted by Crippen LogP contribution is 2.33. The summed E-state index contributed by atoms with van der Waals surface area (Å²) in [7, 11) is 1.56. The molecule has 0 saturated heterocycles. The Morgan fingerprint density at radius 1 is 1.22 bits per heavy atom. The minimum absolute atomic E-state index is 0.119. The minimum Gasteiger partial charge on any atom is -0.493 e. The number of carbonyl (C=O) groups excluding carboxylic acids is 1. The number of rotatable bonds is 10. The number of carbonyl (C=O) groups is 1. The van der Waals surface area contributed by atoms with Gasteiger partial charge in [-0.15, -0.1) is 11.3 Å². The Labute approximate surface area is 199 Å². The second-order valence-electron chi connectivity index (χ2n) is 6.36. The lowest BCUT2D eigenvalue weighted by atomic mass is 10.2. The molecular formula is C22H21Cl2N3O4S. The van der Waals surface area contributed by atoms with E-state index in [9.17, 15) is 4.79 Å². The van der Waals surface area contributed by atoms with Crippen LogP contribution in [0.5, 0.6) is 11.5 Å². The Bertz CT molecular complexity index is 1080. The van der Waals surface area contributed by atoms with Crippen molar-refractivity contribution in [3.8, 4) is 11.5 Å². The number of thiazole rings is 1. The van der Waals surface area contributed by atoms with Crippen LogP contribution in [0.15, 0.2) is 46.9 Å². The van der Waals surface area contributed by atoms with Gasteiger partial charge in [-0.25, -0.2) is 4.98 Å². The van der Waals surface area contributed by atoms with E-state index in [0.717, 1.165) is 0 Å². The zero-order valence-corrected chi connectivity index (χ0v) is 19.8. The van der Waals surface area contributed by atoms with E-state index in [2.05, 4.69) is 15.5 Å². The fourth-order valence-electron chi connectivity index (χ4n) is 2.72. The summed E-state index contributed by atoms with van der Waals surface area (Å²) in [6.07, 6.45) is 1.71. The summed E-state index contributed by atoms with van der Waals surface area (Å²) in [5.74, 6) is 0.728. The van der Waals surface area contributed by atoms with Crippen molar-refractivity contribution < 1.29 is 19.0 Å². The average molecular weight is 494 g/mol. The lowest BCUT2D eigenvalue weighted by Crippen LogP contribution is -2.07. The molecule has 0 radical (unpaired) electrons. The lowest BCUT2D eigenvalue weighted by Gasteiger charge is -2.14. The Morgan fingerprint density at radius 2 is 1.97 bits per heavy atom. The summed E-state index contributed by atoms with van der Waals surface area (Å²) < 4.78 is 16.4. The summed E-state index contributed by atoms with van der Waals surface area (Å²) in [4.78, 5) is 15.9. The molecule has 0 spiro atoms. The molecule has 32 heavy (non-hydrogen) atoms. The summed E-state index contributed by atoms with van der Waals surface area (Å²) in [6, 6.07) is 10.7. The van der Waals surface area contributed by atoms with E-state index in [0.29, 0.717) is 50.1 Å². The molecule has 3 aromatic rings. The first-order valence-corrected chi connectivity index (χ1v) is 11.3. The fourth-order valence-corrected chi connectivity index (χ4v) is 3.89. The third-order valence-electron chi connectivity index (χ3n) is 4.20. The van der Waals surface area contributed by atoms with Gasteiger partial charge in [-0.05, 0) is 31.2 Å². The number of hydrogen-bond acceptors (Lipinski definition) is 8. The topological polar surface area (TPSA) is 82.0 Å². The predicted molar refractivity (Wildman–Crippen MR) is 127 cm³/mol. The summed E-state index contributed by atoms with van der Waals surface area (Å²) in [5.41, 5.74) is 4.84. The van der Waals surface area contributed by atoms with Gasteiger partial charge in [-0.1, -0.05) is 35.3 Å². The predicted octanol–water partition coefficient (Wildman–Crippen LogP) is 5.59. The van der Waals surface area contributed by atoms with Gasteiger partial charge in [-0.3, -0.25) is 10.2 Å². The second-order valence-corrected chi connectivity index (χ2v) is 8.04. The highest BCUT2D eigenvalue weighted by atomic mass is 35.5. The van der Waals surface area contributed by atoms with Crippen molar-refractivity contribution in [2.45, 2.75) is 20.0 Å². The highest BCUT2D eigenvalue weighted by molar-refractivity contribution is 7.13. The van der Waals surface area contributed by atoms with Crippen LogP contribution >= 0.6 is 34.5 Å². The maximum absolute atomic E-state index is 11.6. The number of esters is 1. The van der Waals surface area contributed by atoms with E-state index in [1.165, 1.54) is 11.3 Å². The molecule has 7 nitrogen and oxygen atoms in total. The number of halogens is 2. The van der Waals surface area contributed by atoms with Gasteiger partial charge in [0.2, 0.25) is 5.13 Å². The largest absolute Gasteiger partial charge is 0.493 e. The van der Waals surface area contributed by atoms with Gasteiger partial charge < -0.3 is 14.2 Å². The number of hydrogen-bond donors (Lipinski definition) is 1. The van der Waals surface area contributed by atoms with Crippen molar-refractivity contribution in [2.75, 3.05) is 19.1 Å². The lowest BCUT2D eigenvalue weighted by molar-refractivity contribution is -0.142. The first-order chi connectivity index (χ1) is 15.5. The molecule has 1 N–H and O–H groups in total. The van der Waals surface area contributed by atoms with Crippen molar-refractivity contribution in [3.63, 3.8) is 0 Å². The molecule has 3 rings (SSSR count). The SMILES string of the molecule is CCOC(=O)Cc1csc(NN=Cc2cccc(OC)c2OCc2c(Cl)cccc2Cl)n1. The zero-order valence-electron chi connectivity index (χ0n) is 17.4. The molecule has 2 aromatic carbocycles. The molecule has 0 aliphatic carbocycles. The molecule has 0 aliphatic rings. The van der Waals surface area contributed by atoms with Crippen LogP contribution in [0.1, 0.15) is 23.7 Å². The second kappa shape index (κ2) is 11.7. The van der Waals surface area contributed by atoms with E-state index in [4.69, 9.17) is 37.4 Å². The fraction of sp³-hybridized carbons (Fsp3) is 0.227. The molecule has 0 aliphatic heterocycles. The molecule has 10 heteroatoms. The molecular weight excluding hydrogens is 473 g/mol. The number of benzene rings is 2. The third kappa shape index (κ3) is 6.35. The third-order valence-corrected chi connectivity index (χ3v) is 5.70. The zero-order chi connectivity index (χ0) is 22.9. The Balaban J connectivity index is 1.71. The van der Waals surface area contributed by atoms with Gasteiger partial charge in [0.1, 0.15) is 6.61 Å². The van der Waals surface area contributed by atoms with Crippen LogP contribution in [-0.4, -0.2) is 30.9 Å². The molecule has 0 amide bonds. The van der Waals surface area contributed by atoms with Crippen LogP contribution < -0.4 is 14.9 Å². The minimum atomic E-state index is -0.315. The summed E-state index contributed by atoms with van der Waals surface area (Å²) in [6.45, 7) is 2.27. The average Bonchev–Trinajstić information content (AvgIpc) is 3.21. The molecule has 0 unspecified atom stereocenters. The van der Waals surface area contributed by atoms with Crippen molar-refractivity contribution >= 4 is 51.9 Å². The normalized spacial score (nSPS) is 10.9. The number of aromatic nitrogens is 1. The van der Waals surface area contributed by atoms with Crippen LogP contribution in [0.2, 0.25) is 10.0 Å². The van der Waals surface area contributed by atoms with E-state index in [-0.39, 0.29) is 19.0 Å². The van der Waals surface area contributed by atoms with Crippen LogP contribution in [0.3, 0.4) is 0 Å². The molecule has 1 aromatic heterocycles. The van der Waals surface area contributed by atoms with Crippen molar-refractivity contribution in [2.24, 2.45) is 5.10 Å². The Hall–Kier alpha value is -2.81. The first-order valence-electron chi connectivity index (χ1n) is 9.63. The monoisotopic (exact) mass is 493 g/mol. The molecule has 0 fully saturated rings. The standard InChI is InChI=1S/C22H21Cl2N3O4S/c1-3-30-20(28)10-15-13-32-22(26-15)27-25-11-14-6-4-9-19(29-2)21(14)31-12-16-17(23)7-5-8-18(16)24/h4-9,11,13H,3,10,12H2,1-2H3,(H,26,27). The number of para-hydroxylation sites is 1. The Kier molecular flexibility index (Phi) is 8.72.